The van der Waals surface area contributed by atoms with Crippen molar-refractivity contribution in [2.24, 2.45) is 0 Å². The number of ether oxygens (including phenoxy) is 4. The van der Waals surface area contributed by atoms with E-state index in [9.17, 15) is 19.2 Å². The van der Waals surface area contributed by atoms with Gasteiger partial charge in [0.2, 0.25) is 0 Å². The molecule has 47 heavy (non-hydrogen) atoms. The highest BCUT2D eigenvalue weighted by Crippen LogP contribution is 2.20. The molecule has 3 aromatic carbocycles. The van der Waals surface area contributed by atoms with Crippen LogP contribution >= 0.6 is 0 Å². The topological polar surface area (TPSA) is 105 Å². The summed E-state index contributed by atoms with van der Waals surface area (Å²) in [6.45, 7) is 9.33. The molecule has 0 bridgehead atoms. The van der Waals surface area contributed by atoms with E-state index in [1.807, 2.05) is 24.3 Å². The van der Waals surface area contributed by atoms with Gasteiger partial charge in [0.05, 0.1) is 24.3 Å². The summed E-state index contributed by atoms with van der Waals surface area (Å²) in [5, 5.41) is 0. The molecule has 0 amide bonds. The van der Waals surface area contributed by atoms with Gasteiger partial charge >= 0.3 is 23.9 Å². The SMILES string of the molecule is C=CC(=O)OCCCCCCc1ccc(OC(=O)c2ccc(C(=O)Oc3ccc(CCCCCCOC(=O)C=C)cc3)c(C)c2)cc1. The summed E-state index contributed by atoms with van der Waals surface area (Å²) in [5.41, 5.74) is 3.60. The molecule has 248 valence electrons. The molecule has 0 radical (unpaired) electrons. The average Bonchev–Trinajstić information content (AvgIpc) is 3.08. The molecule has 8 heteroatoms. The van der Waals surface area contributed by atoms with E-state index >= 15 is 0 Å². The summed E-state index contributed by atoms with van der Waals surface area (Å²) in [5.74, 6) is -0.900. The third-order valence-electron chi connectivity index (χ3n) is 7.49. The predicted molar refractivity (Wildman–Crippen MR) is 181 cm³/mol. The first-order chi connectivity index (χ1) is 22.8. The van der Waals surface area contributed by atoms with Crippen molar-refractivity contribution < 1.29 is 38.1 Å². The van der Waals surface area contributed by atoms with Crippen LogP contribution in [0.5, 0.6) is 11.5 Å². The zero-order chi connectivity index (χ0) is 33.9. The number of esters is 4. The van der Waals surface area contributed by atoms with E-state index in [1.165, 1.54) is 12.2 Å². The van der Waals surface area contributed by atoms with Gasteiger partial charge in [0.25, 0.3) is 0 Å². The Balaban J connectivity index is 1.39. The van der Waals surface area contributed by atoms with E-state index in [-0.39, 0.29) is 11.9 Å². The van der Waals surface area contributed by atoms with Gasteiger partial charge in [-0.15, -0.1) is 0 Å². The standard InChI is InChI=1S/C39H44O8/c1-4-36(40)44-26-12-8-6-10-14-30-16-21-33(22-17-30)46-38(42)32-20-25-35(29(3)28-32)39(43)47-34-23-18-31(19-24-34)15-11-7-9-13-27-45-37(41)5-2/h4-5,16-25,28H,1-2,6-15,26-27H2,3H3. The summed E-state index contributed by atoms with van der Waals surface area (Å²) < 4.78 is 21.1. The van der Waals surface area contributed by atoms with Crippen molar-refractivity contribution in [3.05, 3.63) is 120 Å². The highest BCUT2D eigenvalue weighted by Gasteiger charge is 2.16. The molecule has 0 aliphatic carbocycles. The van der Waals surface area contributed by atoms with Gasteiger partial charge in [-0.2, -0.15) is 0 Å². The molecule has 0 saturated heterocycles. The molecule has 0 saturated carbocycles. The van der Waals surface area contributed by atoms with E-state index in [0.717, 1.165) is 75.3 Å². The number of carbonyl (C=O) groups is 4. The van der Waals surface area contributed by atoms with Crippen LogP contribution in [0.25, 0.3) is 0 Å². The van der Waals surface area contributed by atoms with Gasteiger partial charge in [-0.3, -0.25) is 0 Å². The lowest BCUT2D eigenvalue weighted by Gasteiger charge is -2.10. The van der Waals surface area contributed by atoms with Crippen molar-refractivity contribution in [3.8, 4) is 11.5 Å². The van der Waals surface area contributed by atoms with E-state index in [1.54, 1.807) is 49.4 Å². The Hall–Kier alpha value is -4.98. The Labute approximate surface area is 277 Å². The maximum Gasteiger partial charge on any atom is 0.343 e. The minimum atomic E-state index is -0.510. The zero-order valence-electron chi connectivity index (χ0n) is 27.2. The number of carbonyl (C=O) groups excluding carboxylic acids is 4. The normalized spacial score (nSPS) is 10.5. The van der Waals surface area contributed by atoms with Crippen molar-refractivity contribution in [1.29, 1.82) is 0 Å². The van der Waals surface area contributed by atoms with Crippen LogP contribution in [0, 0.1) is 6.92 Å². The largest absolute Gasteiger partial charge is 0.463 e. The van der Waals surface area contributed by atoms with Crippen LogP contribution in [0.2, 0.25) is 0 Å². The fourth-order valence-corrected chi connectivity index (χ4v) is 4.83. The number of hydrogen-bond acceptors (Lipinski definition) is 8. The molecular weight excluding hydrogens is 596 g/mol. The molecule has 3 rings (SSSR count). The fourth-order valence-electron chi connectivity index (χ4n) is 4.83. The Morgan fingerprint density at radius 3 is 1.47 bits per heavy atom. The molecule has 0 fully saturated rings. The van der Waals surface area contributed by atoms with Crippen molar-refractivity contribution in [2.45, 2.75) is 71.1 Å². The van der Waals surface area contributed by atoms with Gasteiger partial charge in [0, 0.05) is 12.2 Å². The van der Waals surface area contributed by atoms with Gasteiger partial charge in [0.15, 0.2) is 0 Å². The Morgan fingerprint density at radius 2 is 1.02 bits per heavy atom. The highest BCUT2D eigenvalue weighted by molar-refractivity contribution is 5.96. The van der Waals surface area contributed by atoms with Crippen LogP contribution in [-0.2, 0) is 31.9 Å². The average molecular weight is 641 g/mol. The second-order valence-corrected chi connectivity index (χ2v) is 11.2. The monoisotopic (exact) mass is 640 g/mol. The van der Waals surface area contributed by atoms with Gasteiger partial charge in [-0.05, 0) is 105 Å². The zero-order valence-corrected chi connectivity index (χ0v) is 27.2. The molecule has 8 nitrogen and oxygen atoms in total. The van der Waals surface area contributed by atoms with Crippen LogP contribution in [-0.4, -0.2) is 37.1 Å². The maximum atomic E-state index is 12.9. The van der Waals surface area contributed by atoms with Gasteiger partial charge in [0.1, 0.15) is 11.5 Å². The lowest BCUT2D eigenvalue weighted by molar-refractivity contribution is -0.138. The second-order valence-electron chi connectivity index (χ2n) is 11.2. The Kier molecular flexibility index (Phi) is 15.7. The summed E-state index contributed by atoms with van der Waals surface area (Å²) in [6, 6.07) is 19.7. The molecule has 0 spiro atoms. The van der Waals surface area contributed by atoms with E-state index in [4.69, 9.17) is 18.9 Å². The van der Waals surface area contributed by atoms with E-state index in [0.29, 0.717) is 41.4 Å². The summed E-state index contributed by atoms with van der Waals surface area (Å²) >= 11 is 0. The lowest BCUT2D eigenvalue weighted by atomic mass is 10.0. The minimum absolute atomic E-state index is 0.337. The van der Waals surface area contributed by atoms with E-state index < -0.39 is 11.9 Å². The quantitative estimate of drug-likeness (QED) is 0.0528. The molecule has 0 heterocycles. The summed E-state index contributed by atoms with van der Waals surface area (Å²) in [4.78, 5) is 47.7. The van der Waals surface area contributed by atoms with Crippen molar-refractivity contribution in [1.82, 2.24) is 0 Å². The van der Waals surface area contributed by atoms with Crippen LogP contribution < -0.4 is 9.47 Å². The fraction of sp³-hybridized carbons (Fsp3) is 0.333. The van der Waals surface area contributed by atoms with Crippen LogP contribution in [0.15, 0.2) is 92.0 Å². The number of aryl methyl sites for hydroxylation is 3. The first-order valence-electron chi connectivity index (χ1n) is 16.1. The first kappa shape index (κ1) is 36.5. The van der Waals surface area contributed by atoms with Crippen molar-refractivity contribution in [2.75, 3.05) is 13.2 Å². The number of rotatable bonds is 20. The first-order valence-corrected chi connectivity index (χ1v) is 16.1. The maximum absolute atomic E-state index is 12.9. The van der Waals surface area contributed by atoms with Crippen molar-refractivity contribution in [3.63, 3.8) is 0 Å². The summed E-state index contributed by atoms with van der Waals surface area (Å²) in [7, 11) is 0. The Bertz CT molecular complexity index is 1490. The van der Waals surface area contributed by atoms with Crippen molar-refractivity contribution >= 4 is 23.9 Å². The Morgan fingerprint density at radius 1 is 0.574 bits per heavy atom. The van der Waals surface area contributed by atoms with Gasteiger partial charge in [-0.25, -0.2) is 19.2 Å². The molecule has 0 unspecified atom stereocenters. The van der Waals surface area contributed by atoms with Gasteiger partial charge in [-0.1, -0.05) is 63.1 Å². The van der Waals surface area contributed by atoms with Gasteiger partial charge < -0.3 is 18.9 Å². The van der Waals surface area contributed by atoms with Crippen LogP contribution in [0.1, 0.15) is 88.8 Å². The third kappa shape index (κ3) is 13.5. The number of unbranched alkanes of at least 4 members (excludes halogenated alkanes) is 6. The predicted octanol–water partition coefficient (Wildman–Crippen LogP) is 8.10. The smallest absolute Gasteiger partial charge is 0.343 e. The molecule has 3 aromatic rings. The lowest BCUT2D eigenvalue weighted by Crippen LogP contribution is -2.13. The molecular formula is C39H44O8. The molecule has 0 aliphatic rings. The van der Waals surface area contributed by atoms with Crippen LogP contribution in [0.4, 0.5) is 0 Å². The number of hydrogen-bond donors (Lipinski definition) is 0. The molecule has 0 aliphatic heterocycles. The molecule has 0 aromatic heterocycles. The summed E-state index contributed by atoms with van der Waals surface area (Å²) in [6.07, 6.45) is 11.8. The van der Waals surface area contributed by atoms with E-state index in [2.05, 4.69) is 13.2 Å². The second kappa shape index (κ2) is 20.2. The van der Waals surface area contributed by atoms with Crippen LogP contribution in [0.3, 0.4) is 0 Å². The highest BCUT2D eigenvalue weighted by atomic mass is 16.5. The third-order valence-corrected chi connectivity index (χ3v) is 7.49. The molecule has 0 N–H and O–H groups in total. The minimum Gasteiger partial charge on any atom is -0.463 e. The number of benzene rings is 3. The molecule has 0 atom stereocenters.